The van der Waals surface area contributed by atoms with Crippen LogP contribution in [0.2, 0.25) is 0 Å². The van der Waals surface area contributed by atoms with E-state index >= 15 is 0 Å². The van der Waals surface area contributed by atoms with E-state index in [2.05, 4.69) is 11.1 Å². The summed E-state index contributed by atoms with van der Waals surface area (Å²) in [5.41, 5.74) is 9.04. The Bertz CT molecular complexity index is 778. The molecule has 1 aromatic carbocycles. The minimum atomic E-state index is -0.931. The van der Waals surface area contributed by atoms with Crippen LogP contribution < -0.4 is 5.73 Å². The maximum absolute atomic E-state index is 13.6. The number of anilines is 1. The van der Waals surface area contributed by atoms with Crippen LogP contribution in [0.3, 0.4) is 0 Å². The molecule has 3 rings (SSSR count). The Hall–Kier alpha value is -2.48. The summed E-state index contributed by atoms with van der Waals surface area (Å²) in [4.78, 5) is 4.36. The Kier molecular flexibility index (Phi) is 3.76. The van der Waals surface area contributed by atoms with Crippen LogP contribution in [-0.2, 0) is 12.8 Å². The second-order valence-electron chi connectivity index (χ2n) is 5.47. The highest BCUT2D eigenvalue weighted by molar-refractivity contribution is 5.79. The molecular formula is C17H15F2N3. The molecule has 0 saturated carbocycles. The van der Waals surface area contributed by atoms with Crippen molar-refractivity contribution in [3.63, 3.8) is 0 Å². The predicted molar refractivity (Wildman–Crippen MR) is 80.0 cm³/mol. The minimum Gasteiger partial charge on any atom is -0.383 e. The van der Waals surface area contributed by atoms with Gasteiger partial charge in [0.05, 0.1) is 0 Å². The van der Waals surface area contributed by atoms with Crippen LogP contribution in [0, 0.1) is 23.0 Å². The Morgan fingerprint density at radius 3 is 2.59 bits per heavy atom. The lowest BCUT2D eigenvalue weighted by Crippen LogP contribution is -2.07. The molecule has 112 valence electrons. The fourth-order valence-corrected chi connectivity index (χ4v) is 3.02. The molecule has 0 unspecified atom stereocenters. The Morgan fingerprint density at radius 2 is 1.86 bits per heavy atom. The van der Waals surface area contributed by atoms with Gasteiger partial charge in [-0.15, -0.1) is 0 Å². The SMILES string of the molecule is N#Cc1c(N)nc2c(c1-c1ccc(F)c(F)c1)CCCCC2. The highest BCUT2D eigenvalue weighted by Gasteiger charge is 2.21. The molecule has 0 radical (unpaired) electrons. The average molecular weight is 299 g/mol. The molecule has 1 aromatic heterocycles. The van der Waals surface area contributed by atoms with Gasteiger partial charge < -0.3 is 5.73 Å². The Labute approximate surface area is 127 Å². The number of benzene rings is 1. The number of fused-ring (bicyclic) bond motifs is 1. The van der Waals surface area contributed by atoms with Gasteiger partial charge in [0.25, 0.3) is 0 Å². The van der Waals surface area contributed by atoms with Gasteiger partial charge >= 0.3 is 0 Å². The number of nitrogen functional groups attached to an aromatic ring is 1. The van der Waals surface area contributed by atoms with Crippen molar-refractivity contribution in [1.82, 2.24) is 4.98 Å². The van der Waals surface area contributed by atoms with Gasteiger partial charge in [0.1, 0.15) is 17.5 Å². The van der Waals surface area contributed by atoms with Crippen LogP contribution in [-0.4, -0.2) is 4.98 Å². The quantitative estimate of drug-likeness (QED) is 0.816. The van der Waals surface area contributed by atoms with Crippen molar-refractivity contribution >= 4 is 5.82 Å². The van der Waals surface area contributed by atoms with E-state index in [1.54, 1.807) is 0 Å². The van der Waals surface area contributed by atoms with Crippen molar-refractivity contribution in [2.75, 3.05) is 5.73 Å². The summed E-state index contributed by atoms with van der Waals surface area (Å²) in [7, 11) is 0. The summed E-state index contributed by atoms with van der Waals surface area (Å²) in [5, 5.41) is 9.42. The van der Waals surface area contributed by atoms with Crippen LogP contribution in [0.5, 0.6) is 0 Å². The van der Waals surface area contributed by atoms with Gasteiger partial charge in [-0.2, -0.15) is 5.26 Å². The molecule has 0 spiro atoms. The first-order valence-corrected chi connectivity index (χ1v) is 7.28. The molecule has 3 nitrogen and oxygen atoms in total. The molecule has 0 fully saturated rings. The molecule has 1 aliphatic carbocycles. The molecule has 1 aliphatic rings. The predicted octanol–water partition coefficient (Wildman–Crippen LogP) is 3.75. The van der Waals surface area contributed by atoms with E-state index in [1.165, 1.54) is 6.07 Å². The van der Waals surface area contributed by atoms with Crippen molar-refractivity contribution in [3.8, 4) is 17.2 Å². The van der Waals surface area contributed by atoms with Crippen molar-refractivity contribution < 1.29 is 8.78 Å². The molecule has 1 heterocycles. The number of hydrogen-bond acceptors (Lipinski definition) is 3. The third-order valence-electron chi connectivity index (χ3n) is 4.07. The molecular weight excluding hydrogens is 284 g/mol. The molecule has 5 heteroatoms. The Balaban J connectivity index is 2.30. The first-order chi connectivity index (χ1) is 10.6. The monoisotopic (exact) mass is 299 g/mol. The first-order valence-electron chi connectivity index (χ1n) is 7.28. The summed E-state index contributed by atoms with van der Waals surface area (Å²) < 4.78 is 26.8. The van der Waals surface area contributed by atoms with Gasteiger partial charge in [-0.3, -0.25) is 0 Å². The molecule has 0 saturated heterocycles. The van der Waals surface area contributed by atoms with Gasteiger partial charge in [-0.25, -0.2) is 13.8 Å². The summed E-state index contributed by atoms with van der Waals surface area (Å²) in [5.74, 6) is -1.68. The lowest BCUT2D eigenvalue weighted by molar-refractivity contribution is 0.509. The standard InChI is InChI=1S/C17H15F2N3/c18-13-7-6-10(8-14(13)19)16-11-4-2-1-3-5-15(11)22-17(21)12(16)9-20/h6-8H,1-5H2,(H2,21,22). The van der Waals surface area contributed by atoms with E-state index in [1.807, 2.05) is 0 Å². The summed E-state index contributed by atoms with van der Waals surface area (Å²) in [6.07, 6.45) is 4.64. The summed E-state index contributed by atoms with van der Waals surface area (Å²) in [6, 6.07) is 5.74. The number of nitrogens with two attached hydrogens (primary N) is 1. The van der Waals surface area contributed by atoms with Gasteiger partial charge in [-0.1, -0.05) is 12.5 Å². The van der Waals surface area contributed by atoms with Gasteiger partial charge in [-0.05, 0) is 48.9 Å². The van der Waals surface area contributed by atoms with E-state index in [0.717, 1.165) is 55.5 Å². The molecule has 22 heavy (non-hydrogen) atoms. The van der Waals surface area contributed by atoms with Crippen LogP contribution >= 0.6 is 0 Å². The van der Waals surface area contributed by atoms with Gasteiger partial charge in [0.15, 0.2) is 11.6 Å². The number of nitrogens with zero attached hydrogens (tertiary/aromatic N) is 2. The number of hydrogen-bond donors (Lipinski definition) is 1. The number of aryl methyl sites for hydroxylation is 1. The van der Waals surface area contributed by atoms with E-state index in [9.17, 15) is 14.0 Å². The Morgan fingerprint density at radius 1 is 1.09 bits per heavy atom. The number of halogens is 2. The van der Waals surface area contributed by atoms with E-state index in [4.69, 9.17) is 5.73 Å². The number of nitriles is 1. The lowest BCUT2D eigenvalue weighted by atomic mass is 9.91. The molecule has 0 amide bonds. The van der Waals surface area contributed by atoms with Crippen molar-refractivity contribution in [3.05, 3.63) is 46.7 Å². The molecule has 0 atom stereocenters. The largest absolute Gasteiger partial charge is 0.383 e. The van der Waals surface area contributed by atoms with Gasteiger partial charge in [0.2, 0.25) is 0 Å². The highest BCUT2D eigenvalue weighted by atomic mass is 19.2. The van der Waals surface area contributed by atoms with Crippen molar-refractivity contribution in [1.29, 1.82) is 5.26 Å². The maximum atomic E-state index is 13.6. The smallest absolute Gasteiger partial charge is 0.159 e. The third kappa shape index (κ3) is 2.41. The topological polar surface area (TPSA) is 62.7 Å². The second kappa shape index (κ2) is 5.72. The fraction of sp³-hybridized carbons (Fsp3) is 0.294. The fourth-order valence-electron chi connectivity index (χ4n) is 3.02. The normalized spacial score (nSPS) is 14.0. The van der Waals surface area contributed by atoms with Gasteiger partial charge in [0, 0.05) is 11.3 Å². The molecule has 0 aliphatic heterocycles. The van der Waals surface area contributed by atoms with Crippen LogP contribution in [0.1, 0.15) is 36.1 Å². The second-order valence-corrected chi connectivity index (χ2v) is 5.47. The molecule has 0 bridgehead atoms. The number of rotatable bonds is 1. The zero-order valence-electron chi connectivity index (χ0n) is 12.0. The van der Waals surface area contributed by atoms with E-state index in [-0.39, 0.29) is 11.4 Å². The number of aromatic nitrogens is 1. The van der Waals surface area contributed by atoms with Crippen LogP contribution in [0.4, 0.5) is 14.6 Å². The van der Waals surface area contributed by atoms with Crippen LogP contribution in [0.25, 0.3) is 11.1 Å². The molecule has 2 N–H and O–H groups in total. The van der Waals surface area contributed by atoms with Crippen molar-refractivity contribution in [2.24, 2.45) is 0 Å². The zero-order valence-corrected chi connectivity index (χ0v) is 12.0. The highest BCUT2D eigenvalue weighted by Crippen LogP contribution is 2.35. The summed E-state index contributed by atoms with van der Waals surface area (Å²) >= 11 is 0. The maximum Gasteiger partial charge on any atom is 0.159 e. The summed E-state index contributed by atoms with van der Waals surface area (Å²) in [6.45, 7) is 0. The number of pyridine rings is 1. The minimum absolute atomic E-state index is 0.155. The van der Waals surface area contributed by atoms with Crippen LogP contribution in [0.15, 0.2) is 18.2 Å². The van der Waals surface area contributed by atoms with E-state index < -0.39 is 11.6 Å². The first kappa shape index (κ1) is 14.5. The lowest BCUT2D eigenvalue weighted by Gasteiger charge is -2.16. The zero-order chi connectivity index (χ0) is 15.7. The third-order valence-corrected chi connectivity index (χ3v) is 4.07. The van der Waals surface area contributed by atoms with E-state index in [0.29, 0.717) is 11.1 Å². The van der Waals surface area contributed by atoms with Crippen molar-refractivity contribution in [2.45, 2.75) is 32.1 Å². The molecule has 2 aromatic rings. The average Bonchev–Trinajstić information content (AvgIpc) is 2.73.